The van der Waals surface area contributed by atoms with Crippen molar-refractivity contribution in [3.05, 3.63) is 137 Å². The molecule has 0 radical (unpaired) electrons. The third kappa shape index (κ3) is 3.53. The first kappa shape index (κ1) is 25.7. The number of para-hydroxylation sites is 1. The average Bonchev–Trinajstić information content (AvgIpc) is 3.61. The first-order chi connectivity index (χ1) is 20.5. The van der Waals surface area contributed by atoms with E-state index in [1.54, 1.807) is 88.6 Å². The van der Waals surface area contributed by atoms with Crippen LogP contribution in [0.25, 0.3) is 5.82 Å². The van der Waals surface area contributed by atoms with Crippen molar-refractivity contribution in [2.75, 3.05) is 9.80 Å². The van der Waals surface area contributed by atoms with E-state index in [0.29, 0.717) is 46.9 Å². The number of carbonyl (C=O) groups excluding carboxylic acids is 2. The Morgan fingerprint density at radius 1 is 0.881 bits per heavy atom. The van der Waals surface area contributed by atoms with Crippen LogP contribution in [0, 0.1) is 23.0 Å². The average molecular weight is 559 g/mol. The highest BCUT2D eigenvalue weighted by molar-refractivity contribution is 6.22. The Kier molecular flexibility index (Phi) is 5.91. The van der Waals surface area contributed by atoms with Gasteiger partial charge in [-0.05, 0) is 55.3 Å². The van der Waals surface area contributed by atoms with Gasteiger partial charge in [-0.1, -0.05) is 42.5 Å². The molecule has 1 atom stereocenters. The second-order valence-corrected chi connectivity index (χ2v) is 10.6. The maximum atomic E-state index is 15.0. The van der Waals surface area contributed by atoms with Crippen LogP contribution in [0.1, 0.15) is 30.4 Å². The predicted molar refractivity (Wildman–Crippen MR) is 154 cm³/mol. The van der Waals surface area contributed by atoms with Crippen LogP contribution in [-0.2, 0) is 21.5 Å². The van der Waals surface area contributed by atoms with Gasteiger partial charge in [0, 0.05) is 46.9 Å². The van der Waals surface area contributed by atoms with Gasteiger partial charge in [0.2, 0.25) is 5.91 Å². The van der Waals surface area contributed by atoms with Crippen molar-refractivity contribution in [1.29, 1.82) is 5.26 Å². The maximum absolute atomic E-state index is 15.0. The van der Waals surface area contributed by atoms with Crippen LogP contribution in [-0.4, -0.2) is 16.3 Å². The lowest BCUT2D eigenvalue weighted by atomic mass is 9.63. The van der Waals surface area contributed by atoms with Crippen LogP contribution in [0.15, 0.2) is 114 Å². The molecule has 1 aliphatic carbocycles. The third-order valence-corrected chi connectivity index (χ3v) is 8.32. The van der Waals surface area contributed by atoms with Crippen molar-refractivity contribution in [2.45, 2.75) is 31.2 Å². The fourth-order valence-corrected chi connectivity index (χ4v) is 6.65. The second kappa shape index (κ2) is 9.67. The zero-order chi connectivity index (χ0) is 29.0. The highest BCUT2D eigenvalue weighted by Crippen LogP contribution is 2.58. The van der Waals surface area contributed by atoms with Gasteiger partial charge in [0.25, 0.3) is 0 Å². The number of fused-ring (bicyclic) bond motifs is 3. The Labute approximate surface area is 241 Å². The Hall–Kier alpha value is -5.29. The van der Waals surface area contributed by atoms with Gasteiger partial charge in [-0.25, -0.2) is 8.78 Å². The van der Waals surface area contributed by atoms with Gasteiger partial charge in [0.05, 0.1) is 17.8 Å². The minimum absolute atomic E-state index is 0.0467. The lowest BCUT2D eigenvalue weighted by Crippen LogP contribution is -2.51. The van der Waals surface area contributed by atoms with Crippen molar-refractivity contribution >= 4 is 28.9 Å². The van der Waals surface area contributed by atoms with Gasteiger partial charge in [-0.15, -0.1) is 0 Å². The minimum Gasteiger partial charge on any atom is -0.309 e. The van der Waals surface area contributed by atoms with Gasteiger partial charge < -0.3 is 9.47 Å². The summed E-state index contributed by atoms with van der Waals surface area (Å²) in [5, 5.41) is 11.0. The van der Waals surface area contributed by atoms with E-state index in [2.05, 4.69) is 6.07 Å². The quantitative estimate of drug-likeness (QED) is 0.288. The fraction of sp³-hybridized carbons (Fsp3) is 0.147. The van der Waals surface area contributed by atoms with E-state index in [-0.39, 0.29) is 29.9 Å². The number of nitrogens with zero attached hydrogens (tertiary/aromatic N) is 4. The SMILES string of the molecule is N#CC1=C(n2cccc2)N(c2cccc(F)c2)C2=C(C(=O)CCC2)C12C(=O)N(Cc1ccccc1F)c1ccccc12. The van der Waals surface area contributed by atoms with E-state index in [4.69, 9.17) is 0 Å². The van der Waals surface area contributed by atoms with E-state index in [9.17, 15) is 23.6 Å². The Morgan fingerprint density at radius 3 is 2.40 bits per heavy atom. The summed E-state index contributed by atoms with van der Waals surface area (Å²) in [6.45, 7) is -0.0771. The van der Waals surface area contributed by atoms with E-state index < -0.39 is 23.0 Å². The number of rotatable bonds is 4. The summed E-state index contributed by atoms with van der Waals surface area (Å²) in [6.07, 6.45) is 4.69. The summed E-state index contributed by atoms with van der Waals surface area (Å²) in [5.74, 6) is -1.32. The Bertz CT molecular complexity index is 1890. The molecule has 1 spiro atoms. The first-order valence-electron chi connectivity index (χ1n) is 13.7. The number of ketones is 1. The van der Waals surface area contributed by atoms with Gasteiger partial charge in [0.15, 0.2) is 5.78 Å². The number of aromatic nitrogens is 1. The molecule has 1 amide bonds. The molecule has 2 aliphatic heterocycles. The van der Waals surface area contributed by atoms with Crippen LogP contribution in [0.5, 0.6) is 0 Å². The normalized spacial score (nSPS) is 19.8. The number of carbonyl (C=O) groups is 2. The molecule has 0 N–H and O–H groups in total. The summed E-state index contributed by atoms with van der Waals surface area (Å²) in [6, 6.07) is 25.2. The van der Waals surface area contributed by atoms with Gasteiger partial charge in [-0.3, -0.25) is 14.5 Å². The van der Waals surface area contributed by atoms with E-state index in [0.717, 1.165) is 0 Å². The number of amides is 1. The van der Waals surface area contributed by atoms with Crippen LogP contribution in [0.4, 0.5) is 20.2 Å². The molecular formula is C34H24F2N4O2. The van der Waals surface area contributed by atoms with Crippen LogP contribution in [0.3, 0.4) is 0 Å². The molecule has 0 saturated heterocycles. The van der Waals surface area contributed by atoms with E-state index in [1.807, 2.05) is 0 Å². The Balaban J connectivity index is 1.57. The van der Waals surface area contributed by atoms with Gasteiger partial charge >= 0.3 is 0 Å². The lowest BCUT2D eigenvalue weighted by molar-refractivity contribution is -0.124. The van der Waals surface area contributed by atoms with Crippen LogP contribution < -0.4 is 9.80 Å². The molecule has 6 nitrogen and oxygen atoms in total. The molecule has 3 heterocycles. The molecule has 206 valence electrons. The summed E-state index contributed by atoms with van der Waals surface area (Å²) >= 11 is 0. The van der Waals surface area contributed by atoms with E-state index in [1.165, 1.54) is 23.1 Å². The molecule has 8 heteroatoms. The predicted octanol–water partition coefficient (Wildman–Crippen LogP) is 6.47. The molecule has 4 aromatic rings. The highest BCUT2D eigenvalue weighted by atomic mass is 19.1. The monoisotopic (exact) mass is 558 g/mol. The number of hydrogen-bond donors (Lipinski definition) is 0. The van der Waals surface area contributed by atoms with Gasteiger partial charge in [0.1, 0.15) is 28.9 Å². The summed E-state index contributed by atoms with van der Waals surface area (Å²) in [7, 11) is 0. The van der Waals surface area contributed by atoms with E-state index >= 15 is 0 Å². The van der Waals surface area contributed by atoms with Crippen molar-refractivity contribution in [3.63, 3.8) is 0 Å². The first-order valence-corrected chi connectivity index (χ1v) is 13.7. The number of nitriles is 1. The zero-order valence-corrected chi connectivity index (χ0v) is 22.4. The molecule has 0 fully saturated rings. The summed E-state index contributed by atoms with van der Waals surface area (Å²) in [4.78, 5) is 32.2. The van der Waals surface area contributed by atoms with Crippen molar-refractivity contribution in [2.24, 2.45) is 0 Å². The highest BCUT2D eigenvalue weighted by Gasteiger charge is 2.62. The molecule has 3 aromatic carbocycles. The number of anilines is 2. The topological polar surface area (TPSA) is 69.3 Å². The smallest absolute Gasteiger partial charge is 0.248 e. The van der Waals surface area contributed by atoms with Gasteiger partial charge in [-0.2, -0.15) is 5.26 Å². The molecular weight excluding hydrogens is 534 g/mol. The molecule has 42 heavy (non-hydrogen) atoms. The molecule has 0 bridgehead atoms. The number of Topliss-reactive ketones (excluding diaryl/α,β-unsaturated/α-hetero) is 1. The van der Waals surface area contributed by atoms with Crippen LogP contribution in [0.2, 0.25) is 0 Å². The summed E-state index contributed by atoms with van der Waals surface area (Å²) < 4.78 is 31.2. The van der Waals surface area contributed by atoms with Crippen molar-refractivity contribution in [1.82, 2.24) is 4.57 Å². The fourth-order valence-electron chi connectivity index (χ4n) is 6.65. The zero-order valence-electron chi connectivity index (χ0n) is 22.4. The third-order valence-electron chi connectivity index (χ3n) is 8.32. The molecule has 0 saturated carbocycles. The lowest BCUT2D eigenvalue weighted by Gasteiger charge is -2.45. The number of halogens is 2. The second-order valence-electron chi connectivity index (χ2n) is 10.6. The molecule has 1 aromatic heterocycles. The summed E-state index contributed by atoms with van der Waals surface area (Å²) in [5.41, 5.74) is 0.814. The van der Waals surface area contributed by atoms with Crippen molar-refractivity contribution in [3.8, 4) is 6.07 Å². The maximum Gasteiger partial charge on any atom is 0.248 e. The standard InChI is InChI=1S/C34H24F2N4O2/c35-23-10-7-11-24(19-23)40-29-15-8-16-30(41)31(29)34(26(20-37)32(40)38-17-5-6-18-38)25-12-2-4-14-28(25)39(33(34)42)21-22-9-1-3-13-27(22)36/h1-7,9-14,17-19H,8,15-16,21H2. The number of allylic oxidation sites excluding steroid dienone is 1. The van der Waals surface area contributed by atoms with Crippen molar-refractivity contribution < 1.29 is 18.4 Å². The molecule has 3 aliphatic rings. The minimum atomic E-state index is -1.76. The van der Waals surface area contributed by atoms with Crippen LogP contribution >= 0.6 is 0 Å². The Morgan fingerprint density at radius 2 is 1.64 bits per heavy atom. The number of benzene rings is 3. The molecule has 1 unspecified atom stereocenters. The largest absolute Gasteiger partial charge is 0.309 e. The number of hydrogen-bond acceptors (Lipinski definition) is 4. The molecule has 7 rings (SSSR count).